The highest BCUT2D eigenvalue weighted by atomic mass is 79.9. The number of halogens is 2. The molecule has 7 heteroatoms. The van der Waals surface area contributed by atoms with Crippen LogP contribution in [0.4, 0.5) is 0 Å². The van der Waals surface area contributed by atoms with Gasteiger partial charge in [-0.25, -0.2) is 4.68 Å². The van der Waals surface area contributed by atoms with Crippen molar-refractivity contribution in [3.8, 4) is 5.69 Å². The van der Waals surface area contributed by atoms with Crippen LogP contribution in [-0.2, 0) is 12.8 Å². The summed E-state index contributed by atoms with van der Waals surface area (Å²) in [6.07, 6.45) is 5.99. The lowest BCUT2D eigenvalue weighted by Crippen LogP contribution is -2.26. The number of hydrogen-bond acceptors (Lipinski definition) is 3. The fourth-order valence-corrected chi connectivity index (χ4v) is 3.40. The van der Waals surface area contributed by atoms with Crippen LogP contribution in [0.5, 0.6) is 0 Å². The molecule has 136 valence electrons. The van der Waals surface area contributed by atoms with Crippen molar-refractivity contribution in [2.24, 2.45) is 5.73 Å². The molecule has 1 aliphatic rings. The molecule has 5 nitrogen and oxygen atoms in total. The zero-order valence-electron chi connectivity index (χ0n) is 14.1. The molecule has 1 amide bonds. The third-order valence-electron chi connectivity index (χ3n) is 4.38. The molecule has 3 rings (SSSR count). The van der Waals surface area contributed by atoms with Gasteiger partial charge in [0.2, 0.25) is 0 Å². The largest absolute Gasteiger partial charge is 0.351 e. The van der Waals surface area contributed by atoms with E-state index in [2.05, 4.69) is 26.3 Å². The summed E-state index contributed by atoms with van der Waals surface area (Å²) in [5, 5.41) is 7.64. The van der Waals surface area contributed by atoms with Crippen LogP contribution in [0.1, 0.15) is 47.4 Å². The molecule has 0 bridgehead atoms. The van der Waals surface area contributed by atoms with Crippen LogP contribution in [-0.4, -0.2) is 28.8 Å². The number of nitrogens with two attached hydrogens (primary N) is 1. The van der Waals surface area contributed by atoms with E-state index in [1.54, 1.807) is 0 Å². The maximum Gasteiger partial charge on any atom is 0.272 e. The summed E-state index contributed by atoms with van der Waals surface area (Å²) >= 11 is 3.46. The molecule has 0 atom stereocenters. The molecule has 1 heterocycles. The number of nitrogens with one attached hydrogen (secondary N) is 1. The van der Waals surface area contributed by atoms with Crippen LogP contribution < -0.4 is 11.1 Å². The molecule has 1 aliphatic carbocycles. The third-order valence-corrected chi connectivity index (χ3v) is 4.91. The topological polar surface area (TPSA) is 72.9 Å². The lowest BCUT2D eigenvalue weighted by atomic mass is 9.95. The summed E-state index contributed by atoms with van der Waals surface area (Å²) in [6.45, 7) is 1.30. The predicted octanol–water partition coefficient (Wildman–Crippen LogP) is 3.40. The van der Waals surface area contributed by atoms with E-state index in [1.807, 2.05) is 28.9 Å². The average Bonchev–Trinajstić information content (AvgIpc) is 2.99. The second-order valence-corrected chi connectivity index (χ2v) is 7.04. The number of carbonyl (C=O) groups is 1. The molecule has 25 heavy (non-hydrogen) atoms. The first kappa shape index (κ1) is 19.9. The first-order valence-electron chi connectivity index (χ1n) is 8.55. The molecule has 0 spiro atoms. The molecule has 3 N–H and O–H groups in total. The van der Waals surface area contributed by atoms with Gasteiger partial charge in [0.05, 0.1) is 5.69 Å². The van der Waals surface area contributed by atoms with E-state index < -0.39 is 0 Å². The summed E-state index contributed by atoms with van der Waals surface area (Å²) in [7, 11) is 0. The Hall–Kier alpha value is -1.37. The molecule has 0 saturated carbocycles. The number of unbranched alkanes of at least 4 members (excludes halogenated alkanes) is 1. The molecule has 2 aromatic rings. The first-order valence-corrected chi connectivity index (χ1v) is 9.35. The summed E-state index contributed by atoms with van der Waals surface area (Å²) in [5.74, 6) is -0.0685. The van der Waals surface area contributed by atoms with Crippen molar-refractivity contribution in [2.75, 3.05) is 13.1 Å². The molecule has 0 unspecified atom stereocenters. The highest BCUT2D eigenvalue weighted by Gasteiger charge is 2.25. The quantitative estimate of drug-likeness (QED) is 0.694. The van der Waals surface area contributed by atoms with Gasteiger partial charge >= 0.3 is 0 Å². The molecule has 0 radical (unpaired) electrons. The summed E-state index contributed by atoms with van der Waals surface area (Å²) in [4.78, 5) is 12.6. The van der Waals surface area contributed by atoms with Gasteiger partial charge in [-0.15, -0.1) is 12.4 Å². The summed E-state index contributed by atoms with van der Waals surface area (Å²) < 4.78 is 2.97. The lowest BCUT2D eigenvalue weighted by molar-refractivity contribution is 0.0946. The monoisotopic (exact) mass is 426 g/mol. The van der Waals surface area contributed by atoms with E-state index in [9.17, 15) is 4.79 Å². The van der Waals surface area contributed by atoms with E-state index in [4.69, 9.17) is 5.73 Å². The van der Waals surface area contributed by atoms with Crippen molar-refractivity contribution in [1.82, 2.24) is 15.1 Å². The Labute approximate surface area is 162 Å². The minimum absolute atomic E-state index is 0. The Morgan fingerprint density at radius 1 is 1.20 bits per heavy atom. The van der Waals surface area contributed by atoms with E-state index in [0.29, 0.717) is 18.8 Å². The zero-order chi connectivity index (χ0) is 16.9. The van der Waals surface area contributed by atoms with Crippen LogP contribution in [0.15, 0.2) is 28.7 Å². The van der Waals surface area contributed by atoms with Crippen molar-refractivity contribution in [1.29, 1.82) is 0 Å². The molecule has 0 aliphatic heterocycles. The third kappa shape index (κ3) is 4.63. The number of aromatic nitrogens is 2. The second-order valence-electron chi connectivity index (χ2n) is 6.12. The van der Waals surface area contributed by atoms with Gasteiger partial charge < -0.3 is 11.1 Å². The number of nitrogens with zero attached hydrogens (tertiary/aromatic N) is 2. The van der Waals surface area contributed by atoms with Gasteiger partial charge in [0.1, 0.15) is 0 Å². The van der Waals surface area contributed by atoms with E-state index >= 15 is 0 Å². The van der Waals surface area contributed by atoms with Crippen molar-refractivity contribution >= 4 is 34.2 Å². The Kier molecular flexibility index (Phi) is 7.47. The van der Waals surface area contributed by atoms with Crippen LogP contribution in [0.25, 0.3) is 5.69 Å². The summed E-state index contributed by atoms with van der Waals surface area (Å²) in [5.41, 5.74) is 9.36. The van der Waals surface area contributed by atoms with Crippen molar-refractivity contribution in [2.45, 2.75) is 38.5 Å². The van der Waals surface area contributed by atoms with Gasteiger partial charge in [-0.05, 0) is 69.3 Å². The molecular weight excluding hydrogens is 404 g/mol. The second kappa shape index (κ2) is 9.36. The van der Waals surface area contributed by atoms with E-state index in [-0.39, 0.29) is 18.3 Å². The Bertz CT molecular complexity index is 715. The van der Waals surface area contributed by atoms with Crippen molar-refractivity contribution in [3.63, 3.8) is 0 Å². The molecule has 0 saturated heterocycles. The number of amides is 1. The normalized spacial score (nSPS) is 13.0. The van der Waals surface area contributed by atoms with Crippen molar-refractivity contribution < 1.29 is 4.79 Å². The van der Waals surface area contributed by atoms with E-state index in [0.717, 1.165) is 54.2 Å². The standard InChI is InChI=1S/C18H23BrN4O.ClH/c19-13-7-9-14(10-8-13)23-16-6-2-1-5-15(16)17(22-23)18(24)21-12-4-3-11-20;/h7-10H,1-6,11-12,20H2,(H,21,24);1H. The highest BCUT2D eigenvalue weighted by molar-refractivity contribution is 9.10. The van der Waals surface area contributed by atoms with Crippen LogP contribution in [0, 0.1) is 0 Å². The number of benzene rings is 1. The van der Waals surface area contributed by atoms with Gasteiger partial charge in [0.25, 0.3) is 5.91 Å². The number of carbonyl (C=O) groups excluding carboxylic acids is 1. The zero-order valence-corrected chi connectivity index (χ0v) is 16.5. The lowest BCUT2D eigenvalue weighted by Gasteiger charge is -2.14. The number of rotatable bonds is 6. The van der Waals surface area contributed by atoms with Crippen LogP contribution in [0.2, 0.25) is 0 Å². The first-order chi connectivity index (χ1) is 11.7. The van der Waals surface area contributed by atoms with Crippen molar-refractivity contribution in [3.05, 3.63) is 45.7 Å². The smallest absolute Gasteiger partial charge is 0.272 e. The van der Waals surface area contributed by atoms with Gasteiger partial charge in [-0.1, -0.05) is 15.9 Å². The molecule has 0 fully saturated rings. The number of hydrogen-bond donors (Lipinski definition) is 2. The molecular formula is C18H24BrClN4O. The van der Waals surface area contributed by atoms with Crippen LogP contribution >= 0.6 is 28.3 Å². The highest BCUT2D eigenvalue weighted by Crippen LogP contribution is 2.27. The SMILES string of the molecule is Cl.NCCCCNC(=O)c1nn(-c2ccc(Br)cc2)c2c1CCCC2. The maximum atomic E-state index is 12.6. The molecule has 1 aromatic heterocycles. The minimum Gasteiger partial charge on any atom is -0.351 e. The maximum absolute atomic E-state index is 12.6. The average molecular weight is 428 g/mol. The Morgan fingerprint density at radius 3 is 2.64 bits per heavy atom. The number of fused-ring (bicyclic) bond motifs is 1. The minimum atomic E-state index is -0.0685. The van der Waals surface area contributed by atoms with Gasteiger partial charge in [0.15, 0.2) is 5.69 Å². The Morgan fingerprint density at radius 2 is 1.92 bits per heavy atom. The Balaban J connectivity index is 0.00000225. The fraction of sp³-hybridized carbons (Fsp3) is 0.444. The fourth-order valence-electron chi connectivity index (χ4n) is 3.13. The summed E-state index contributed by atoms with van der Waals surface area (Å²) in [6, 6.07) is 8.04. The van der Waals surface area contributed by atoms with Gasteiger partial charge in [-0.3, -0.25) is 4.79 Å². The predicted molar refractivity (Wildman–Crippen MR) is 106 cm³/mol. The molecule has 1 aromatic carbocycles. The van der Waals surface area contributed by atoms with E-state index in [1.165, 1.54) is 5.69 Å². The van der Waals surface area contributed by atoms with Crippen LogP contribution in [0.3, 0.4) is 0 Å². The van der Waals surface area contributed by atoms with Gasteiger partial charge in [-0.2, -0.15) is 5.10 Å². The van der Waals surface area contributed by atoms with Gasteiger partial charge in [0, 0.05) is 22.3 Å².